The van der Waals surface area contributed by atoms with E-state index >= 15 is 0 Å². The van der Waals surface area contributed by atoms with Crippen molar-refractivity contribution in [2.75, 3.05) is 19.6 Å². The number of amides is 1. The van der Waals surface area contributed by atoms with Gasteiger partial charge in [-0.1, -0.05) is 24.1 Å². The van der Waals surface area contributed by atoms with Crippen molar-refractivity contribution in [1.82, 2.24) is 9.80 Å². The Morgan fingerprint density at radius 2 is 1.83 bits per heavy atom. The zero-order valence-electron chi connectivity index (χ0n) is 19.6. The number of carbonyl (C=O) groups excluding carboxylic acids is 1. The average molecular weight is 501 g/mol. The van der Waals surface area contributed by atoms with Crippen molar-refractivity contribution in [2.24, 2.45) is 0 Å². The fourth-order valence-electron chi connectivity index (χ4n) is 5.77. The Hall–Kier alpha value is -2.84. The van der Waals surface area contributed by atoms with Gasteiger partial charge in [0.1, 0.15) is 18.2 Å². The summed E-state index contributed by atoms with van der Waals surface area (Å²) in [5.74, 6) is -1.06. The standard InChI is InChI=1S/C26H30ClN3O5/c27-19-10-11-21-18(15-19)9-8-17-5-4-12-30(34)23(17)24(21)28-13-14-29(22(16-28)25(31)32)26(33)35-20-6-2-1-3-7-20/h4-5,10-12,15,20,22,24H,1-3,6-9,13-14,16H2,(H-,31,32,34)/p+1/t22-,24+/m1/s1. The molecule has 3 aliphatic rings. The Kier molecular flexibility index (Phi) is 6.84. The number of piperazine rings is 1. The van der Waals surface area contributed by atoms with Crippen molar-refractivity contribution in [1.29, 1.82) is 0 Å². The average Bonchev–Trinajstić information content (AvgIpc) is 3.01. The largest absolute Gasteiger partial charge is 0.480 e. The number of carboxylic acids is 1. The zero-order chi connectivity index (χ0) is 24.5. The molecule has 1 amide bonds. The van der Waals surface area contributed by atoms with E-state index in [2.05, 4.69) is 0 Å². The molecule has 2 fully saturated rings. The molecule has 0 bridgehead atoms. The van der Waals surface area contributed by atoms with Gasteiger partial charge in [0, 0.05) is 41.0 Å². The first-order valence-corrected chi connectivity index (χ1v) is 12.8. The molecule has 2 N–H and O–H groups in total. The monoisotopic (exact) mass is 500 g/mol. The minimum absolute atomic E-state index is 0.121. The first-order chi connectivity index (χ1) is 16.9. The number of hydrogen-bond acceptors (Lipinski definition) is 5. The third kappa shape index (κ3) is 4.82. The third-order valence-electron chi connectivity index (χ3n) is 7.54. The molecule has 186 valence electrons. The molecule has 0 spiro atoms. The van der Waals surface area contributed by atoms with Gasteiger partial charge in [-0.3, -0.25) is 15.0 Å². The van der Waals surface area contributed by atoms with Gasteiger partial charge in [-0.15, -0.1) is 0 Å². The Labute approximate surface area is 209 Å². The van der Waals surface area contributed by atoms with Crippen molar-refractivity contribution in [3.05, 3.63) is 63.9 Å². The Morgan fingerprint density at radius 1 is 1.06 bits per heavy atom. The molecule has 9 heteroatoms. The Bertz CT molecular complexity index is 1120. The normalized spacial score (nSPS) is 23.2. The van der Waals surface area contributed by atoms with Crippen LogP contribution in [0.15, 0.2) is 36.5 Å². The highest BCUT2D eigenvalue weighted by molar-refractivity contribution is 6.30. The lowest BCUT2D eigenvalue weighted by Crippen LogP contribution is -2.60. The van der Waals surface area contributed by atoms with Crippen LogP contribution < -0.4 is 4.73 Å². The van der Waals surface area contributed by atoms with Crippen LogP contribution in [0.4, 0.5) is 4.79 Å². The van der Waals surface area contributed by atoms with Crippen molar-refractivity contribution in [2.45, 2.75) is 63.1 Å². The lowest BCUT2D eigenvalue weighted by molar-refractivity contribution is -0.911. The van der Waals surface area contributed by atoms with Crippen molar-refractivity contribution < 1.29 is 29.4 Å². The second kappa shape index (κ2) is 10.0. The summed E-state index contributed by atoms with van der Waals surface area (Å²) < 4.78 is 6.85. The van der Waals surface area contributed by atoms with E-state index < -0.39 is 18.1 Å². The van der Waals surface area contributed by atoms with Crippen LogP contribution in [0.5, 0.6) is 0 Å². The maximum Gasteiger partial charge on any atom is 0.410 e. The summed E-state index contributed by atoms with van der Waals surface area (Å²) in [6.07, 6.45) is 7.27. The van der Waals surface area contributed by atoms with Crippen LogP contribution in [0.25, 0.3) is 0 Å². The summed E-state index contributed by atoms with van der Waals surface area (Å²) in [6.45, 7) is 0.802. The van der Waals surface area contributed by atoms with E-state index in [1.54, 1.807) is 12.3 Å². The SMILES string of the molecule is O=C(O)[C@H]1CN([C@H]2c3ccc(Cl)cc3CCc3ccc[n+](O)c32)CCN1C(=O)OC1CCCCC1. The van der Waals surface area contributed by atoms with E-state index in [0.29, 0.717) is 11.6 Å². The number of ether oxygens (including phenoxy) is 1. The second-order valence-corrected chi connectivity index (χ2v) is 10.1. The number of carboxylic acid groups (broad SMARTS) is 1. The lowest BCUT2D eigenvalue weighted by Gasteiger charge is -2.42. The van der Waals surface area contributed by atoms with Crippen LogP contribution in [0.1, 0.15) is 60.5 Å². The topological polar surface area (TPSA) is 94.2 Å². The predicted octanol–water partition coefficient (Wildman–Crippen LogP) is 3.59. The molecule has 1 aromatic heterocycles. The number of pyridine rings is 1. The zero-order valence-corrected chi connectivity index (χ0v) is 20.4. The number of halogens is 1. The number of rotatable bonds is 3. The summed E-state index contributed by atoms with van der Waals surface area (Å²) in [6, 6.07) is 8.12. The predicted molar refractivity (Wildman–Crippen MR) is 128 cm³/mol. The number of aryl methyl sites for hydroxylation is 2. The maximum absolute atomic E-state index is 13.0. The van der Waals surface area contributed by atoms with Crippen LogP contribution in [0.2, 0.25) is 5.02 Å². The van der Waals surface area contributed by atoms with Gasteiger partial charge in [-0.2, -0.15) is 0 Å². The number of carbonyl (C=O) groups is 2. The molecule has 0 radical (unpaired) electrons. The summed E-state index contributed by atoms with van der Waals surface area (Å²) in [4.78, 5) is 28.7. The van der Waals surface area contributed by atoms with Gasteiger partial charge in [0.25, 0.3) is 5.69 Å². The summed E-state index contributed by atoms with van der Waals surface area (Å²) in [5, 5.41) is 21.5. The van der Waals surface area contributed by atoms with Gasteiger partial charge < -0.3 is 9.84 Å². The first-order valence-electron chi connectivity index (χ1n) is 12.4. The number of fused-ring (bicyclic) bond motifs is 2. The molecule has 35 heavy (non-hydrogen) atoms. The molecule has 1 saturated carbocycles. The Balaban J connectivity index is 1.45. The second-order valence-electron chi connectivity index (χ2n) is 9.70. The number of aliphatic carboxylic acids is 1. The quantitative estimate of drug-likeness (QED) is 0.494. The fraction of sp³-hybridized carbons (Fsp3) is 0.500. The summed E-state index contributed by atoms with van der Waals surface area (Å²) in [7, 11) is 0. The number of nitrogens with zero attached hydrogens (tertiary/aromatic N) is 3. The van der Waals surface area contributed by atoms with Gasteiger partial charge >= 0.3 is 12.1 Å². The highest BCUT2D eigenvalue weighted by Gasteiger charge is 2.44. The van der Waals surface area contributed by atoms with Crippen molar-refractivity contribution in [3.63, 3.8) is 0 Å². The molecule has 2 aromatic rings. The van der Waals surface area contributed by atoms with Crippen LogP contribution in [-0.2, 0) is 22.4 Å². The van der Waals surface area contributed by atoms with Gasteiger partial charge in [-0.25, -0.2) is 9.59 Å². The van der Waals surface area contributed by atoms with Crippen LogP contribution >= 0.6 is 11.6 Å². The molecule has 2 aliphatic carbocycles. The molecule has 0 unspecified atom stereocenters. The summed E-state index contributed by atoms with van der Waals surface area (Å²) in [5.41, 5.74) is 3.78. The number of aromatic nitrogens is 1. The Morgan fingerprint density at radius 3 is 2.60 bits per heavy atom. The fourth-order valence-corrected chi connectivity index (χ4v) is 5.97. The molecule has 1 aliphatic heterocycles. The first kappa shape index (κ1) is 23.9. The van der Waals surface area contributed by atoms with Crippen molar-refractivity contribution >= 4 is 23.7 Å². The molecule has 8 nitrogen and oxygen atoms in total. The van der Waals surface area contributed by atoms with Gasteiger partial charge in [0.2, 0.25) is 6.20 Å². The van der Waals surface area contributed by atoms with Crippen LogP contribution in [-0.4, -0.2) is 64.0 Å². The van der Waals surface area contributed by atoms with E-state index in [1.807, 2.05) is 29.2 Å². The van der Waals surface area contributed by atoms with Crippen LogP contribution in [0.3, 0.4) is 0 Å². The van der Waals surface area contributed by atoms with Crippen molar-refractivity contribution in [3.8, 4) is 0 Å². The molecule has 1 saturated heterocycles. The number of benzene rings is 1. The summed E-state index contributed by atoms with van der Waals surface area (Å²) >= 11 is 6.30. The molecule has 5 rings (SSSR count). The van der Waals surface area contributed by atoms with Gasteiger partial charge in [-0.05, 0) is 67.9 Å². The molecular weight excluding hydrogens is 470 g/mol. The molecular formula is C26H31ClN3O5+. The van der Waals surface area contributed by atoms with E-state index in [9.17, 15) is 19.9 Å². The minimum Gasteiger partial charge on any atom is -0.480 e. The maximum atomic E-state index is 13.0. The molecule has 2 atom stereocenters. The van der Waals surface area contributed by atoms with E-state index in [1.165, 1.54) is 4.90 Å². The van der Waals surface area contributed by atoms with E-state index in [0.717, 1.165) is 72.1 Å². The third-order valence-corrected chi connectivity index (χ3v) is 7.77. The molecule has 1 aromatic carbocycles. The van der Waals surface area contributed by atoms with Gasteiger partial charge in [0.15, 0.2) is 0 Å². The minimum atomic E-state index is -1.06. The number of hydrogen-bond donors (Lipinski definition) is 2. The van der Waals surface area contributed by atoms with E-state index in [4.69, 9.17) is 16.3 Å². The lowest BCUT2D eigenvalue weighted by atomic mass is 9.95. The smallest absolute Gasteiger partial charge is 0.410 e. The van der Waals surface area contributed by atoms with Gasteiger partial charge in [0.05, 0.1) is 0 Å². The highest BCUT2D eigenvalue weighted by atomic mass is 35.5. The highest BCUT2D eigenvalue weighted by Crippen LogP contribution is 2.37. The molecule has 2 heterocycles. The van der Waals surface area contributed by atoms with E-state index in [-0.39, 0.29) is 25.2 Å². The van der Waals surface area contributed by atoms with Crippen LogP contribution in [0, 0.1) is 0 Å².